The van der Waals surface area contributed by atoms with E-state index in [0.717, 1.165) is 25.7 Å². The van der Waals surface area contributed by atoms with Crippen molar-refractivity contribution in [2.24, 2.45) is 22.7 Å². The molecule has 2 saturated heterocycles. The molecule has 1 N–H and O–H groups in total. The molecule has 7 heteroatoms. The van der Waals surface area contributed by atoms with Crippen LogP contribution in [0.4, 0.5) is 0 Å². The van der Waals surface area contributed by atoms with E-state index in [1.807, 2.05) is 0 Å². The number of hydrogen-bond acceptors (Lipinski definition) is 7. The van der Waals surface area contributed by atoms with Gasteiger partial charge in [-0.25, -0.2) is 0 Å². The zero-order valence-corrected chi connectivity index (χ0v) is 19.5. The molecule has 4 aliphatic rings. The third-order valence-corrected chi connectivity index (χ3v) is 8.91. The summed E-state index contributed by atoms with van der Waals surface area (Å²) in [6.45, 7) is 11.8. The van der Waals surface area contributed by atoms with Crippen molar-refractivity contribution in [3.63, 3.8) is 0 Å². The fourth-order valence-electron chi connectivity index (χ4n) is 6.72. The van der Waals surface area contributed by atoms with E-state index >= 15 is 0 Å². The number of hydrogen-bond donors (Lipinski definition) is 1. The van der Waals surface area contributed by atoms with Crippen molar-refractivity contribution in [2.75, 3.05) is 0 Å². The quantitative estimate of drug-likeness (QED) is 0.409. The van der Waals surface area contributed by atoms with E-state index in [4.69, 9.17) is 18.9 Å². The van der Waals surface area contributed by atoms with Crippen molar-refractivity contribution in [3.05, 3.63) is 11.6 Å². The van der Waals surface area contributed by atoms with Crippen molar-refractivity contribution in [2.45, 2.75) is 104 Å². The van der Waals surface area contributed by atoms with Crippen LogP contribution in [0.25, 0.3) is 0 Å². The van der Waals surface area contributed by atoms with Gasteiger partial charge in [-0.15, -0.1) is 0 Å². The lowest BCUT2D eigenvalue weighted by molar-refractivity contribution is -0.218. The van der Waals surface area contributed by atoms with E-state index in [-0.39, 0.29) is 16.9 Å². The van der Waals surface area contributed by atoms with Gasteiger partial charge < -0.3 is 19.3 Å². The minimum atomic E-state index is -1.22. The minimum absolute atomic E-state index is 0.00327. The number of ether oxygens (including phenoxy) is 4. The fourth-order valence-corrected chi connectivity index (χ4v) is 6.72. The highest BCUT2D eigenvalue weighted by molar-refractivity contribution is 5.67. The van der Waals surface area contributed by atoms with Crippen LogP contribution in [-0.2, 0) is 28.5 Å². The van der Waals surface area contributed by atoms with E-state index in [1.54, 1.807) is 0 Å². The van der Waals surface area contributed by atoms with Crippen molar-refractivity contribution < 1.29 is 33.6 Å². The SMILES string of the molecule is CC(=O)O[C@H]1O[C@@H](OC(C)=O)[C@@]2(O[C@@H]2C[C@@]2(C)[C@H](C)CC[C@@]3(C)C(C)=CCC[C@H]23)[C@@H]1O. The van der Waals surface area contributed by atoms with E-state index in [9.17, 15) is 14.7 Å². The van der Waals surface area contributed by atoms with Gasteiger partial charge in [0.25, 0.3) is 0 Å². The first-order valence-corrected chi connectivity index (χ1v) is 11.5. The standard InChI is InChI=1S/C24H36O7/c1-13-8-7-9-17-22(13,5)11-10-14(2)23(17,6)12-18-24(31-18)19(27)20(28-15(3)25)30-21(24)29-16(4)26/h8,14,17-21,27H,7,9-12H2,1-6H3/t14-,17+,18-,19-,20+,21-,22+,23+,24+/m1/s1. The molecule has 0 aromatic heterocycles. The van der Waals surface area contributed by atoms with Gasteiger partial charge in [0, 0.05) is 13.8 Å². The summed E-state index contributed by atoms with van der Waals surface area (Å²) in [5.74, 6) is -0.111. The first kappa shape index (κ1) is 22.7. The third kappa shape index (κ3) is 3.44. The smallest absolute Gasteiger partial charge is 0.305 e. The lowest BCUT2D eigenvalue weighted by Crippen LogP contribution is -2.51. The van der Waals surface area contributed by atoms with Gasteiger partial charge in [-0.2, -0.15) is 0 Å². The summed E-state index contributed by atoms with van der Waals surface area (Å²) in [6.07, 6.45) is 3.79. The number of aliphatic hydroxyl groups is 1. The van der Waals surface area contributed by atoms with Gasteiger partial charge >= 0.3 is 11.9 Å². The van der Waals surface area contributed by atoms with Crippen molar-refractivity contribution >= 4 is 11.9 Å². The minimum Gasteiger partial charge on any atom is -0.433 e. The molecule has 1 saturated carbocycles. The van der Waals surface area contributed by atoms with Crippen molar-refractivity contribution in [1.29, 1.82) is 0 Å². The zero-order valence-electron chi connectivity index (χ0n) is 19.5. The molecule has 0 aromatic rings. The number of rotatable bonds is 4. The molecule has 9 atom stereocenters. The van der Waals surface area contributed by atoms with Crippen LogP contribution in [0.5, 0.6) is 0 Å². The summed E-state index contributed by atoms with van der Waals surface area (Å²) in [6, 6.07) is 0. The lowest BCUT2D eigenvalue weighted by Gasteiger charge is -2.58. The van der Waals surface area contributed by atoms with Crippen LogP contribution in [-0.4, -0.2) is 47.4 Å². The molecule has 4 rings (SSSR count). The molecule has 0 bridgehead atoms. The maximum atomic E-state index is 11.7. The Morgan fingerprint density at radius 1 is 1.19 bits per heavy atom. The Balaban J connectivity index is 1.60. The highest BCUT2D eigenvalue weighted by Crippen LogP contribution is 2.65. The highest BCUT2D eigenvalue weighted by Gasteiger charge is 2.76. The van der Waals surface area contributed by atoms with E-state index in [0.29, 0.717) is 11.8 Å². The molecule has 0 unspecified atom stereocenters. The Morgan fingerprint density at radius 3 is 2.52 bits per heavy atom. The third-order valence-electron chi connectivity index (χ3n) is 8.91. The summed E-state index contributed by atoms with van der Waals surface area (Å²) in [7, 11) is 0. The summed E-state index contributed by atoms with van der Waals surface area (Å²) in [4.78, 5) is 23.1. The molecule has 2 aliphatic heterocycles. The number of allylic oxidation sites excluding steroid dienone is 2. The van der Waals surface area contributed by atoms with Gasteiger partial charge in [0.1, 0.15) is 0 Å². The molecule has 2 heterocycles. The van der Waals surface area contributed by atoms with Gasteiger partial charge in [0.2, 0.25) is 12.6 Å². The Hall–Kier alpha value is -1.44. The van der Waals surface area contributed by atoms with Gasteiger partial charge in [-0.05, 0) is 61.7 Å². The van der Waals surface area contributed by atoms with Crippen LogP contribution in [0.2, 0.25) is 0 Å². The second-order valence-corrected chi connectivity index (χ2v) is 10.5. The number of carbonyl (C=O) groups is 2. The first-order valence-electron chi connectivity index (χ1n) is 11.5. The van der Waals surface area contributed by atoms with Crippen LogP contribution in [0, 0.1) is 22.7 Å². The topological polar surface area (TPSA) is 94.6 Å². The van der Waals surface area contributed by atoms with Crippen LogP contribution in [0.1, 0.15) is 73.6 Å². The Labute approximate surface area is 184 Å². The number of esters is 2. The fraction of sp³-hybridized carbons (Fsp3) is 0.833. The largest absolute Gasteiger partial charge is 0.433 e. The van der Waals surface area contributed by atoms with Gasteiger partial charge in [-0.1, -0.05) is 32.4 Å². The van der Waals surface area contributed by atoms with Crippen LogP contribution >= 0.6 is 0 Å². The molecule has 1 spiro atoms. The number of fused-ring (bicyclic) bond motifs is 1. The van der Waals surface area contributed by atoms with Gasteiger partial charge in [0.05, 0.1) is 6.10 Å². The summed E-state index contributed by atoms with van der Waals surface area (Å²) >= 11 is 0. The molecular formula is C24H36O7. The van der Waals surface area contributed by atoms with Gasteiger partial charge in [-0.3, -0.25) is 14.3 Å². The van der Waals surface area contributed by atoms with Crippen LogP contribution in [0.3, 0.4) is 0 Å². The van der Waals surface area contributed by atoms with E-state index in [1.165, 1.54) is 25.8 Å². The number of aliphatic hydroxyl groups excluding tert-OH is 1. The predicted octanol–water partition coefficient (Wildman–Crippen LogP) is 3.48. The second kappa shape index (κ2) is 7.56. The highest BCUT2D eigenvalue weighted by atomic mass is 16.8. The predicted molar refractivity (Wildman–Crippen MR) is 112 cm³/mol. The molecule has 31 heavy (non-hydrogen) atoms. The monoisotopic (exact) mass is 436 g/mol. The molecule has 3 fully saturated rings. The first-order chi connectivity index (χ1) is 14.4. The van der Waals surface area contributed by atoms with Crippen molar-refractivity contribution in [3.8, 4) is 0 Å². The van der Waals surface area contributed by atoms with E-state index in [2.05, 4.69) is 33.8 Å². The van der Waals surface area contributed by atoms with Crippen molar-refractivity contribution in [1.82, 2.24) is 0 Å². The van der Waals surface area contributed by atoms with Crippen LogP contribution < -0.4 is 0 Å². The molecule has 0 aromatic carbocycles. The summed E-state index contributed by atoms with van der Waals surface area (Å²) in [5.41, 5.74) is 0.450. The maximum Gasteiger partial charge on any atom is 0.305 e. The average Bonchev–Trinajstić information content (AvgIpc) is 3.33. The Kier molecular flexibility index (Phi) is 5.55. The molecule has 0 amide bonds. The summed E-state index contributed by atoms with van der Waals surface area (Å²) in [5, 5.41) is 11.0. The Morgan fingerprint density at radius 2 is 1.87 bits per heavy atom. The van der Waals surface area contributed by atoms with E-state index < -0.39 is 36.2 Å². The second-order valence-electron chi connectivity index (χ2n) is 10.5. The Bertz CT molecular complexity index is 793. The number of epoxide rings is 1. The zero-order chi connectivity index (χ0) is 22.8. The molecule has 174 valence electrons. The van der Waals surface area contributed by atoms with Gasteiger partial charge in [0.15, 0.2) is 11.7 Å². The maximum absolute atomic E-state index is 11.7. The normalized spacial score (nSPS) is 48.7. The summed E-state index contributed by atoms with van der Waals surface area (Å²) < 4.78 is 22.2. The molecule has 0 radical (unpaired) electrons. The van der Waals surface area contributed by atoms with Crippen LogP contribution in [0.15, 0.2) is 11.6 Å². The lowest BCUT2D eigenvalue weighted by atomic mass is 9.47. The average molecular weight is 437 g/mol. The molecule has 7 nitrogen and oxygen atoms in total. The number of carbonyl (C=O) groups excluding carboxylic acids is 2. The molecule has 2 aliphatic carbocycles. The molecular weight excluding hydrogens is 400 g/mol.